The van der Waals surface area contributed by atoms with E-state index in [1.54, 1.807) is 30.5 Å². The lowest BCUT2D eigenvalue weighted by atomic mass is 10.1. The van der Waals surface area contributed by atoms with Crippen LogP contribution in [0.1, 0.15) is 27.0 Å². The predicted molar refractivity (Wildman–Crippen MR) is 131 cm³/mol. The summed E-state index contributed by atoms with van der Waals surface area (Å²) >= 11 is 0. The lowest BCUT2D eigenvalue weighted by Gasteiger charge is -2.27. The molecule has 2 aromatic carbocycles. The molecule has 0 saturated carbocycles. The number of rotatable bonds is 7. The minimum Gasteiger partial charge on any atom is -0.465 e. The summed E-state index contributed by atoms with van der Waals surface area (Å²) in [6, 6.07) is 13.1. The van der Waals surface area contributed by atoms with Gasteiger partial charge < -0.3 is 19.7 Å². The van der Waals surface area contributed by atoms with Gasteiger partial charge in [-0.05, 0) is 48.7 Å². The molecule has 0 amide bonds. The third kappa shape index (κ3) is 5.84. The van der Waals surface area contributed by atoms with E-state index in [2.05, 4.69) is 53.9 Å². The first-order chi connectivity index (χ1) is 16.5. The van der Waals surface area contributed by atoms with Crippen molar-refractivity contribution in [3.63, 3.8) is 0 Å². The number of anilines is 4. The number of nitrogens with one attached hydrogen (secondary N) is 2. The van der Waals surface area contributed by atoms with E-state index in [-0.39, 0.29) is 5.97 Å². The van der Waals surface area contributed by atoms with Gasteiger partial charge in [-0.15, -0.1) is 0 Å². The summed E-state index contributed by atoms with van der Waals surface area (Å²) in [4.78, 5) is 27.3. The number of nitrogens with zero attached hydrogens (tertiary/aromatic N) is 5. The highest BCUT2D eigenvalue weighted by Crippen LogP contribution is 2.22. The minimum atomic E-state index is -0.383. The van der Waals surface area contributed by atoms with Crippen molar-refractivity contribution >= 4 is 35.7 Å². The summed E-state index contributed by atoms with van der Waals surface area (Å²) in [5.41, 5.74) is 7.32. The van der Waals surface area contributed by atoms with Crippen LogP contribution in [0.15, 0.2) is 47.6 Å². The van der Waals surface area contributed by atoms with Crippen LogP contribution in [0.4, 0.5) is 23.5 Å². The fourth-order valence-electron chi connectivity index (χ4n) is 3.35. The zero-order valence-corrected chi connectivity index (χ0v) is 19.4. The quantitative estimate of drug-likeness (QED) is 0.311. The van der Waals surface area contributed by atoms with Gasteiger partial charge in [0.1, 0.15) is 0 Å². The number of aromatic nitrogens is 3. The van der Waals surface area contributed by atoms with Crippen molar-refractivity contribution in [2.24, 2.45) is 5.10 Å². The molecule has 0 unspecified atom stereocenters. The first kappa shape index (κ1) is 23.1. The second-order valence-electron chi connectivity index (χ2n) is 7.81. The maximum Gasteiger partial charge on any atom is 0.337 e. The van der Waals surface area contributed by atoms with Gasteiger partial charge in [0, 0.05) is 18.8 Å². The molecule has 1 fully saturated rings. The molecule has 1 aromatic heterocycles. The molecule has 0 atom stereocenters. The molecule has 2 heterocycles. The number of hydrogen-bond acceptors (Lipinski definition) is 10. The van der Waals surface area contributed by atoms with Gasteiger partial charge in [0.05, 0.1) is 32.1 Å². The number of esters is 1. The van der Waals surface area contributed by atoms with Crippen molar-refractivity contribution in [2.45, 2.75) is 13.8 Å². The van der Waals surface area contributed by atoms with Gasteiger partial charge in [0.15, 0.2) is 0 Å². The van der Waals surface area contributed by atoms with Crippen LogP contribution < -0.4 is 15.6 Å². The van der Waals surface area contributed by atoms with Crippen LogP contribution in [-0.2, 0) is 9.47 Å². The fourth-order valence-corrected chi connectivity index (χ4v) is 3.35. The van der Waals surface area contributed by atoms with Crippen molar-refractivity contribution in [1.82, 2.24) is 15.0 Å². The molecule has 176 valence electrons. The summed E-state index contributed by atoms with van der Waals surface area (Å²) in [5.74, 6) is 0.898. The Bertz CT molecular complexity index is 1180. The van der Waals surface area contributed by atoms with Gasteiger partial charge in [0.25, 0.3) is 0 Å². The van der Waals surface area contributed by atoms with Crippen LogP contribution in [0.2, 0.25) is 0 Å². The molecular formula is C24H27N7O3. The second kappa shape index (κ2) is 10.7. The topological polar surface area (TPSA) is 114 Å². The molecule has 3 aromatic rings. The zero-order valence-electron chi connectivity index (χ0n) is 19.4. The molecule has 0 radical (unpaired) electrons. The number of hydrogen-bond donors (Lipinski definition) is 2. The first-order valence-electron chi connectivity index (χ1n) is 10.9. The van der Waals surface area contributed by atoms with Crippen molar-refractivity contribution < 1.29 is 14.3 Å². The van der Waals surface area contributed by atoms with Gasteiger partial charge in [0.2, 0.25) is 17.8 Å². The summed E-state index contributed by atoms with van der Waals surface area (Å²) in [6.07, 6.45) is 1.62. The Morgan fingerprint density at radius 1 is 1.06 bits per heavy atom. The van der Waals surface area contributed by atoms with Crippen LogP contribution in [0.25, 0.3) is 0 Å². The van der Waals surface area contributed by atoms with Crippen molar-refractivity contribution in [3.05, 3.63) is 64.7 Å². The smallest absolute Gasteiger partial charge is 0.337 e. The number of carbonyl (C=O) groups is 1. The van der Waals surface area contributed by atoms with E-state index in [9.17, 15) is 4.79 Å². The molecule has 0 aliphatic carbocycles. The van der Waals surface area contributed by atoms with Crippen LogP contribution in [0, 0.1) is 13.8 Å². The predicted octanol–water partition coefficient (Wildman–Crippen LogP) is 3.30. The van der Waals surface area contributed by atoms with Gasteiger partial charge >= 0.3 is 5.97 Å². The Morgan fingerprint density at radius 2 is 1.79 bits per heavy atom. The number of ether oxygens (including phenoxy) is 2. The van der Waals surface area contributed by atoms with Gasteiger partial charge in [-0.2, -0.15) is 20.1 Å². The largest absolute Gasteiger partial charge is 0.465 e. The lowest BCUT2D eigenvalue weighted by molar-refractivity contribution is 0.0600. The number of morpholine rings is 1. The molecule has 10 nitrogen and oxygen atoms in total. The number of carbonyl (C=O) groups excluding carboxylic acids is 1. The molecule has 4 rings (SSSR count). The molecule has 1 aliphatic rings. The van der Waals surface area contributed by atoms with Crippen molar-refractivity contribution in [1.29, 1.82) is 0 Å². The van der Waals surface area contributed by atoms with E-state index in [0.717, 1.165) is 22.4 Å². The summed E-state index contributed by atoms with van der Waals surface area (Å²) in [5, 5.41) is 7.57. The Morgan fingerprint density at radius 3 is 2.53 bits per heavy atom. The van der Waals surface area contributed by atoms with E-state index >= 15 is 0 Å². The lowest BCUT2D eigenvalue weighted by Crippen LogP contribution is -2.37. The second-order valence-corrected chi connectivity index (χ2v) is 7.81. The zero-order chi connectivity index (χ0) is 23.9. The molecule has 10 heteroatoms. The van der Waals surface area contributed by atoms with Gasteiger partial charge in [-0.25, -0.2) is 10.2 Å². The SMILES string of the molecule is COC(=O)c1ccc(/C=N\Nc2nc(Nc3cc(C)ccc3C)nc(N3CCOCC3)n2)cc1. The fraction of sp³-hybridized carbons (Fsp3) is 0.292. The number of hydrazone groups is 1. The first-order valence-corrected chi connectivity index (χ1v) is 10.9. The average Bonchev–Trinajstić information content (AvgIpc) is 2.86. The van der Waals surface area contributed by atoms with Crippen LogP contribution >= 0.6 is 0 Å². The average molecular weight is 462 g/mol. The molecular weight excluding hydrogens is 434 g/mol. The standard InChI is InChI=1S/C24H27N7O3/c1-16-4-5-17(2)20(14-16)26-22-27-23(29-24(28-22)31-10-12-34-13-11-31)30-25-15-18-6-8-19(9-7-18)21(32)33-3/h4-9,14-15H,10-13H2,1-3H3,(H2,26,27,28,29,30)/b25-15-. The maximum absolute atomic E-state index is 11.6. The number of aryl methyl sites for hydroxylation is 2. The van der Waals surface area contributed by atoms with E-state index in [4.69, 9.17) is 9.47 Å². The monoisotopic (exact) mass is 461 g/mol. The van der Waals surface area contributed by atoms with Crippen LogP contribution in [0.5, 0.6) is 0 Å². The molecule has 0 bridgehead atoms. The van der Waals surface area contributed by atoms with Gasteiger partial charge in [-0.3, -0.25) is 0 Å². The van der Waals surface area contributed by atoms with Crippen LogP contribution in [-0.4, -0.2) is 60.5 Å². The highest BCUT2D eigenvalue weighted by Gasteiger charge is 2.17. The molecule has 1 saturated heterocycles. The molecule has 2 N–H and O–H groups in total. The third-order valence-electron chi connectivity index (χ3n) is 5.27. The normalized spacial score (nSPS) is 13.7. The highest BCUT2D eigenvalue weighted by molar-refractivity contribution is 5.90. The Balaban J connectivity index is 1.55. The van der Waals surface area contributed by atoms with E-state index in [1.807, 2.05) is 13.8 Å². The van der Waals surface area contributed by atoms with E-state index in [1.165, 1.54) is 7.11 Å². The number of benzene rings is 2. The van der Waals surface area contributed by atoms with Gasteiger partial charge in [-0.1, -0.05) is 24.3 Å². The summed E-state index contributed by atoms with van der Waals surface area (Å²) in [6.45, 7) is 6.70. The summed E-state index contributed by atoms with van der Waals surface area (Å²) < 4.78 is 10.2. The Labute approximate surface area is 198 Å². The third-order valence-corrected chi connectivity index (χ3v) is 5.27. The van der Waals surface area contributed by atoms with E-state index in [0.29, 0.717) is 49.7 Å². The number of methoxy groups -OCH3 is 1. The summed E-state index contributed by atoms with van der Waals surface area (Å²) in [7, 11) is 1.35. The molecule has 0 spiro atoms. The van der Waals surface area contributed by atoms with Crippen molar-refractivity contribution in [2.75, 3.05) is 49.1 Å². The van der Waals surface area contributed by atoms with E-state index < -0.39 is 0 Å². The highest BCUT2D eigenvalue weighted by atomic mass is 16.5. The molecule has 1 aliphatic heterocycles. The molecule has 34 heavy (non-hydrogen) atoms. The Hall–Kier alpha value is -4.05. The maximum atomic E-state index is 11.6. The minimum absolute atomic E-state index is 0.312. The van der Waals surface area contributed by atoms with Crippen LogP contribution in [0.3, 0.4) is 0 Å². The Kier molecular flexibility index (Phi) is 7.28. The van der Waals surface area contributed by atoms with Crippen molar-refractivity contribution in [3.8, 4) is 0 Å².